The van der Waals surface area contributed by atoms with Crippen molar-refractivity contribution in [3.63, 3.8) is 0 Å². The number of hydrogen-bond donors (Lipinski definition) is 1. The van der Waals surface area contributed by atoms with E-state index in [1.165, 1.54) is 0 Å². The van der Waals surface area contributed by atoms with Crippen LogP contribution in [-0.2, 0) is 0 Å². The minimum atomic E-state index is -0.135. The fourth-order valence-corrected chi connectivity index (χ4v) is 3.09. The second kappa shape index (κ2) is 7.34. The van der Waals surface area contributed by atoms with Crippen molar-refractivity contribution in [1.82, 2.24) is 10.1 Å². The van der Waals surface area contributed by atoms with Crippen molar-refractivity contribution in [1.29, 1.82) is 0 Å². The summed E-state index contributed by atoms with van der Waals surface area (Å²) in [4.78, 5) is 14.4. The molecule has 2 aromatic rings. The molecule has 1 amide bonds. The molecule has 0 radical (unpaired) electrons. The fourth-order valence-electron chi connectivity index (χ4n) is 2.90. The Morgan fingerprint density at radius 3 is 2.91 bits per heavy atom. The number of hydrogen-bond acceptors (Lipinski definition) is 4. The molecule has 2 heterocycles. The first kappa shape index (κ1) is 17.8. The van der Waals surface area contributed by atoms with E-state index in [1.54, 1.807) is 23.1 Å². The average Bonchev–Trinajstić information content (AvgIpc) is 3.13. The van der Waals surface area contributed by atoms with Gasteiger partial charge in [-0.1, -0.05) is 28.9 Å². The molecule has 1 saturated heterocycles. The van der Waals surface area contributed by atoms with Crippen molar-refractivity contribution in [3.8, 4) is 11.3 Å². The first-order valence-corrected chi connectivity index (χ1v) is 7.70. The minimum Gasteiger partial charge on any atom is -0.350 e. The number of benzene rings is 1. The molecule has 0 spiro atoms. The third kappa shape index (κ3) is 3.68. The standard InChI is InChI=1S/C16H18ClN3O2.ClH/c1-10-5-11(8-18)9-20(10)16(21)15-7-14(19-22-15)12-3-2-4-13(17)6-12;/h2-4,6-7,10-11H,5,8-9,18H2,1H3;1H. The van der Waals surface area contributed by atoms with Gasteiger partial charge in [-0.15, -0.1) is 12.4 Å². The third-order valence-corrected chi connectivity index (χ3v) is 4.33. The molecule has 2 N–H and O–H groups in total. The lowest BCUT2D eigenvalue weighted by Crippen LogP contribution is -2.34. The maximum atomic E-state index is 12.6. The van der Waals surface area contributed by atoms with Crippen LogP contribution in [0.3, 0.4) is 0 Å². The number of amides is 1. The molecule has 7 heteroatoms. The van der Waals surface area contributed by atoms with Crippen LogP contribution >= 0.6 is 24.0 Å². The zero-order chi connectivity index (χ0) is 15.7. The van der Waals surface area contributed by atoms with Gasteiger partial charge in [0, 0.05) is 29.2 Å². The Morgan fingerprint density at radius 1 is 1.48 bits per heavy atom. The number of rotatable bonds is 3. The summed E-state index contributed by atoms with van der Waals surface area (Å²) in [5, 5.41) is 4.60. The second-order valence-corrected chi connectivity index (χ2v) is 6.17. The molecule has 5 nitrogen and oxygen atoms in total. The van der Waals surface area contributed by atoms with Gasteiger partial charge in [0.15, 0.2) is 0 Å². The van der Waals surface area contributed by atoms with Crippen molar-refractivity contribution in [2.24, 2.45) is 11.7 Å². The van der Waals surface area contributed by atoms with Crippen LogP contribution in [0.4, 0.5) is 0 Å². The van der Waals surface area contributed by atoms with E-state index in [4.69, 9.17) is 21.9 Å². The second-order valence-electron chi connectivity index (χ2n) is 5.73. The Morgan fingerprint density at radius 2 is 2.26 bits per heavy atom. The van der Waals surface area contributed by atoms with E-state index in [2.05, 4.69) is 5.16 Å². The maximum absolute atomic E-state index is 12.6. The van der Waals surface area contributed by atoms with Gasteiger partial charge in [-0.3, -0.25) is 4.79 Å². The van der Waals surface area contributed by atoms with Crippen LogP contribution in [0.5, 0.6) is 0 Å². The molecule has 1 aliphatic heterocycles. The predicted molar refractivity (Wildman–Crippen MR) is 91.9 cm³/mol. The number of nitrogens with two attached hydrogens (primary N) is 1. The summed E-state index contributed by atoms with van der Waals surface area (Å²) in [6, 6.07) is 9.12. The van der Waals surface area contributed by atoms with E-state index in [-0.39, 0.29) is 30.1 Å². The van der Waals surface area contributed by atoms with Crippen LogP contribution in [0.25, 0.3) is 11.3 Å². The van der Waals surface area contributed by atoms with Crippen molar-refractivity contribution in [2.75, 3.05) is 13.1 Å². The topological polar surface area (TPSA) is 72.4 Å². The lowest BCUT2D eigenvalue weighted by atomic mass is 10.1. The fraction of sp³-hybridized carbons (Fsp3) is 0.375. The summed E-state index contributed by atoms with van der Waals surface area (Å²) in [7, 11) is 0. The molecular formula is C16H19Cl2N3O2. The van der Waals surface area contributed by atoms with Crippen LogP contribution in [0.1, 0.15) is 23.9 Å². The van der Waals surface area contributed by atoms with Gasteiger partial charge >= 0.3 is 0 Å². The number of aromatic nitrogens is 1. The molecule has 0 aliphatic carbocycles. The summed E-state index contributed by atoms with van der Waals surface area (Å²) in [6.45, 7) is 3.30. The average molecular weight is 356 g/mol. The van der Waals surface area contributed by atoms with E-state index < -0.39 is 0 Å². The summed E-state index contributed by atoms with van der Waals surface area (Å²) >= 11 is 5.97. The van der Waals surface area contributed by atoms with Crippen LogP contribution in [0.2, 0.25) is 5.02 Å². The molecule has 124 valence electrons. The monoisotopic (exact) mass is 355 g/mol. The van der Waals surface area contributed by atoms with E-state index in [0.717, 1.165) is 12.0 Å². The molecule has 2 atom stereocenters. The molecule has 0 bridgehead atoms. The Hall–Kier alpha value is -1.56. The zero-order valence-corrected chi connectivity index (χ0v) is 14.3. The van der Waals surface area contributed by atoms with Crippen molar-refractivity contribution in [3.05, 3.63) is 41.1 Å². The summed E-state index contributed by atoms with van der Waals surface area (Å²) < 4.78 is 5.23. The van der Waals surface area contributed by atoms with E-state index in [9.17, 15) is 4.79 Å². The highest BCUT2D eigenvalue weighted by molar-refractivity contribution is 6.30. The third-order valence-electron chi connectivity index (χ3n) is 4.10. The first-order valence-electron chi connectivity index (χ1n) is 7.32. The molecule has 1 fully saturated rings. The van der Waals surface area contributed by atoms with Gasteiger partial charge in [0.1, 0.15) is 5.69 Å². The number of carbonyl (C=O) groups is 1. The lowest BCUT2D eigenvalue weighted by Gasteiger charge is -2.19. The van der Waals surface area contributed by atoms with E-state index in [1.807, 2.05) is 19.1 Å². The quantitative estimate of drug-likeness (QED) is 0.917. The Balaban J connectivity index is 0.00000192. The van der Waals surface area contributed by atoms with Gasteiger partial charge in [-0.05, 0) is 37.9 Å². The molecule has 23 heavy (non-hydrogen) atoms. The van der Waals surface area contributed by atoms with Crippen LogP contribution in [0.15, 0.2) is 34.9 Å². The minimum absolute atomic E-state index is 0. The van der Waals surface area contributed by atoms with Crippen LogP contribution in [-0.4, -0.2) is 35.1 Å². The van der Waals surface area contributed by atoms with E-state index in [0.29, 0.717) is 29.7 Å². The molecule has 1 aliphatic rings. The highest BCUT2D eigenvalue weighted by Gasteiger charge is 2.33. The van der Waals surface area contributed by atoms with Gasteiger partial charge in [-0.2, -0.15) is 0 Å². The lowest BCUT2D eigenvalue weighted by molar-refractivity contribution is 0.0701. The zero-order valence-electron chi connectivity index (χ0n) is 12.7. The predicted octanol–water partition coefficient (Wildman–Crippen LogP) is 3.23. The van der Waals surface area contributed by atoms with Crippen molar-refractivity contribution >= 4 is 29.9 Å². The first-order chi connectivity index (χ1) is 10.6. The Bertz CT molecular complexity index is 689. The summed E-state index contributed by atoms with van der Waals surface area (Å²) in [5.41, 5.74) is 7.13. The molecule has 1 aromatic carbocycles. The largest absolute Gasteiger partial charge is 0.350 e. The molecular weight excluding hydrogens is 337 g/mol. The van der Waals surface area contributed by atoms with Gasteiger partial charge in [-0.25, -0.2) is 0 Å². The molecule has 3 rings (SSSR count). The van der Waals surface area contributed by atoms with Gasteiger partial charge in [0.05, 0.1) is 0 Å². The molecule has 2 unspecified atom stereocenters. The summed E-state index contributed by atoms with van der Waals surface area (Å²) in [5.74, 6) is 0.470. The number of carbonyl (C=O) groups excluding carboxylic acids is 1. The SMILES string of the molecule is CC1CC(CN)CN1C(=O)c1cc(-c2cccc(Cl)c2)no1.Cl. The van der Waals surface area contributed by atoms with Crippen molar-refractivity contribution < 1.29 is 9.32 Å². The summed E-state index contributed by atoms with van der Waals surface area (Å²) in [6.07, 6.45) is 0.928. The molecule has 1 aromatic heterocycles. The van der Waals surface area contributed by atoms with E-state index >= 15 is 0 Å². The normalized spacial score (nSPS) is 20.4. The highest BCUT2D eigenvalue weighted by Crippen LogP contribution is 2.26. The maximum Gasteiger partial charge on any atom is 0.292 e. The van der Waals surface area contributed by atoms with Crippen LogP contribution < -0.4 is 5.73 Å². The van der Waals surface area contributed by atoms with Crippen LogP contribution in [0, 0.1) is 5.92 Å². The van der Waals surface area contributed by atoms with Crippen molar-refractivity contribution in [2.45, 2.75) is 19.4 Å². The highest BCUT2D eigenvalue weighted by atomic mass is 35.5. The van der Waals surface area contributed by atoms with Gasteiger partial charge in [0.25, 0.3) is 5.91 Å². The Kier molecular flexibility index (Phi) is 5.68. The smallest absolute Gasteiger partial charge is 0.292 e. The number of nitrogens with zero attached hydrogens (tertiary/aromatic N) is 2. The number of likely N-dealkylation sites (tertiary alicyclic amines) is 1. The number of halogens is 2. The van der Waals surface area contributed by atoms with Gasteiger partial charge < -0.3 is 15.2 Å². The Labute approximate surface area is 146 Å². The molecule has 0 saturated carbocycles. The van der Waals surface area contributed by atoms with Gasteiger partial charge in [0.2, 0.25) is 5.76 Å².